The van der Waals surface area contributed by atoms with Gasteiger partial charge >= 0.3 is 12.0 Å². The molecule has 0 spiro atoms. The smallest absolute Gasteiger partial charge is 0.337 e. The highest BCUT2D eigenvalue weighted by Crippen LogP contribution is 2.12. The molecule has 0 saturated carbocycles. The van der Waals surface area contributed by atoms with E-state index in [4.69, 9.17) is 0 Å². The van der Waals surface area contributed by atoms with Crippen molar-refractivity contribution < 1.29 is 19.9 Å². The van der Waals surface area contributed by atoms with E-state index in [2.05, 4.69) is 25.6 Å². The third-order valence-electron chi connectivity index (χ3n) is 1.11. The van der Waals surface area contributed by atoms with Crippen LogP contribution in [-0.4, -0.2) is 27.0 Å². The zero-order valence-corrected chi connectivity index (χ0v) is 7.16. The largest absolute Gasteiger partial charge is 0.526 e. The molecule has 0 bridgehead atoms. The van der Waals surface area contributed by atoms with Gasteiger partial charge in [-0.25, -0.2) is 0 Å². The topological polar surface area (TPSA) is 183 Å². The lowest BCUT2D eigenvalue weighted by molar-refractivity contribution is -0.746. The fourth-order valence-corrected chi connectivity index (χ4v) is 0.634. The second-order valence-corrected chi connectivity index (χ2v) is 2.19. The predicted octanol–water partition coefficient (Wildman–Crippen LogP) is -1.04. The summed E-state index contributed by atoms with van der Waals surface area (Å²) >= 11 is 0. The number of hydroxylamine groups is 1. The summed E-state index contributed by atoms with van der Waals surface area (Å²) in [5.41, 5.74) is 1.76. The molecule has 0 aromatic heterocycles. The van der Waals surface area contributed by atoms with Crippen LogP contribution in [0.4, 0.5) is 0 Å². The van der Waals surface area contributed by atoms with Crippen LogP contribution in [0.3, 0.4) is 0 Å². The van der Waals surface area contributed by atoms with Crippen LogP contribution < -0.4 is 5.48 Å². The molecule has 1 aliphatic rings. The minimum atomic E-state index is -2.22. The maximum atomic E-state index is 10.6. The molecule has 0 amide bonds. The molecule has 0 aromatic carbocycles. The first-order chi connectivity index (χ1) is 7.43. The molecule has 16 heavy (non-hydrogen) atoms. The highest BCUT2D eigenvalue weighted by Gasteiger charge is 2.53. The predicted molar refractivity (Wildman–Crippen MR) is 40.3 cm³/mol. The van der Waals surface area contributed by atoms with Crippen molar-refractivity contribution in [2.75, 3.05) is 0 Å². The minimum Gasteiger partial charge on any atom is -0.337 e. The number of nitrogens with one attached hydrogen (secondary N) is 1. The first kappa shape index (κ1) is 11.3. The molecule has 14 nitrogen and oxygen atoms in total. The van der Waals surface area contributed by atoms with E-state index in [1.54, 1.807) is 5.48 Å². The van der Waals surface area contributed by atoms with E-state index in [9.17, 15) is 25.4 Å². The van der Waals surface area contributed by atoms with Gasteiger partial charge in [-0.3, -0.25) is 5.21 Å². The van der Waals surface area contributed by atoms with Gasteiger partial charge in [0.15, 0.2) is 10.4 Å². The summed E-state index contributed by atoms with van der Waals surface area (Å²) in [6.07, 6.45) is 0.507. The molecular weight excluding hydrogens is 232 g/mol. The molecule has 0 radical (unpaired) electrons. The van der Waals surface area contributed by atoms with E-state index in [-0.39, 0.29) is 4.90 Å². The Morgan fingerprint density at radius 3 is 2.06 bits per heavy atom. The fourth-order valence-electron chi connectivity index (χ4n) is 0.634. The summed E-state index contributed by atoms with van der Waals surface area (Å²) in [6, 6.07) is 0. The van der Waals surface area contributed by atoms with Crippen LogP contribution >= 0.6 is 0 Å². The molecule has 0 unspecified atom stereocenters. The number of nitro groups is 2. The molecule has 0 fully saturated rings. The normalized spacial score (nSPS) is 24.6. The minimum absolute atomic E-state index is 0.210. The second kappa shape index (κ2) is 4.17. The summed E-state index contributed by atoms with van der Waals surface area (Å²) in [4.78, 5) is 23.6. The van der Waals surface area contributed by atoms with E-state index in [1.165, 1.54) is 0 Å². The summed E-state index contributed by atoms with van der Waals surface area (Å²) < 4.78 is 0. The summed E-state index contributed by atoms with van der Waals surface area (Å²) in [7, 11) is 0. The maximum absolute atomic E-state index is 10.6. The van der Waals surface area contributed by atoms with Crippen LogP contribution in [0.15, 0.2) is 20.7 Å². The van der Waals surface area contributed by atoms with Crippen LogP contribution in [-0.2, 0) is 4.94 Å². The average Bonchev–Trinajstić information content (AvgIpc) is 2.55. The quantitative estimate of drug-likeness (QED) is 0.278. The second-order valence-electron chi connectivity index (χ2n) is 2.19. The summed E-state index contributed by atoms with van der Waals surface area (Å²) in [5, 5.41) is 38.6. The van der Waals surface area contributed by atoms with Crippen LogP contribution in [0.1, 0.15) is 0 Å². The van der Waals surface area contributed by atoms with Crippen LogP contribution in [0, 0.1) is 25.4 Å². The molecule has 0 aromatic rings. The van der Waals surface area contributed by atoms with Crippen molar-refractivity contribution in [1.82, 2.24) is 5.48 Å². The first-order valence-corrected chi connectivity index (χ1v) is 3.34. The lowest BCUT2D eigenvalue weighted by atomic mass is 10.4. The highest BCUT2D eigenvalue weighted by molar-refractivity contribution is 5.64. The standard InChI is InChI=1S/C2H2N8O6/c11-8-1-2(5-16-8,3-6-9(12)13)4-7-10(14)15/h1,5H. The molecule has 1 heterocycles. The number of rotatable bonds is 4. The number of nitrogens with zero attached hydrogens (tertiary/aromatic N) is 7. The van der Waals surface area contributed by atoms with E-state index in [1.807, 2.05) is 0 Å². The number of hydrogen-bond acceptors (Lipinski definition) is 9. The van der Waals surface area contributed by atoms with E-state index < -0.39 is 15.9 Å². The fraction of sp³-hybridized carbons (Fsp3) is 0.500. The number of hydrogen-bond donors (Lipinski definition) is 1. The van der Waals surface area contributed by atoms with Crippen molar-refractivity contribution in [3.8, 4) is 0 Å². The molecule has 1 aliphatic heterocycles. The van der Waals surface area contributed by atoms with Gasteiger partial charge in [0.25, 0.3) is 0 Å². The van der Waals surface area contributed by atoms with Gasteiger partial charge in [0.05, 0.1) is 15.0 Å². The lowest BCUT2D eigenvalue weighted by Crippen LogP contribution is -2.37. The van der Waals surface area contributed by atoms with Gasteiger partial charge in [-0.1, -0.05) is 5.48 Å². The van der Waals surface area contributed by atoms with Gasteiger partial charge in [-0.15, -0.1) is 0 Å². The molecule has 0 atom stereocenters. The van der Waals surface area contributed by atoms with Crippen LogP contribution in [0.2, 0.25) is 0 Å². The van der Waals surface area contributed by atoms with Gasteiger partial charge in [0.2, 0.25) is 0 Å². The zero-order chi connectivity index (χ0) is 12.2. The summed E-state index contributed by atoms with van der Waals surface area (Å²) in [6.45, 7) is 0. The molecule has 1 rings (SSSR count). The van der Waals surface area contributed by atoms with Crippen LogP contribution in [0.25, 0.3) is 0 Å². The van der Waals surface area contributed by atoms with Gasteiger partial charge in [0.1, 0.15) is 10.2 Å². The van der Waals surface area contributed by atoms with Gasteiger partial charge < -0.3 is 25.2 Å². The molecule has 0 aliphatic carbocycles. The van der Waals surface area contributed by atoms with E-state index in [0.29, 0.717) is 6.21 Å². The Morgan fingerprint density at radius 1 is 1.25 bits per heavy atom. The van der Waals surface area contributed by atoms with E-state index >= 15 is 0 Å². The maximum Gasteiger partial charge on any atom is 0.526 e. The monoisotopic (exact) mass is 234 g/mol. The molecule has 14 heteroatoms. The van der Waals surface area contributed by atoms with Crippen molar-refractivity contribution >= 4 is 6.21 Å². The van der Waals surface area contributed by atoms with Gasteiger partial charge in [0, 0.05) is 0 Å². The molecular formula is C2H2N8O6. The molecule has 1 N–H and O–H groups in total. The Hall–Kier alpha value is -2.77. The van der Waals surface area contributed by atoms with Crippen LogP contribution in [0.5, 0.6) is 0 Å². The Balaban J connectivity index is 2.95. The van der Waals surface area contributed by atoms with Crippen molar-refractivity contribution in [3.63, 3.8) is 0 Å². The third kappa shape index (κ3) is 2.87. The van der Waals surface area contributed by atoms with Crippen molar-refractivity contribution in [3.05, 3.63) is 25.4 Å². The first-order valence-electron chi connectivity index (χ1n) is 3.34. The molecule has 86 valence electrons. The average molecular weight is 234 g/mol. The van der Waals surface area contributed by atoms with Gasteiger partial charge in [-0.2, -0.15) is 0 Å². The SMILES string of the molecule is O=[N+]([O-])N=NC1(N=N[N+](=O)[O-])C=[N+]([O-])ON1. The zero-order valence-electron chi connectivity index (χ0n) is 7.16. The van der Waals surface area contributed by atoms with Crippen molar-refractivity contribution in [1.29, 1.82) is 0 Å². The Bertz CT molecular complexity index is 373. The highest BCUT2D eigenvalue weighted by atomic mass is 16.9. The Morgan fingerprint density at radius 2 is 1.75 bits per heavy atom. The van der Waals surface area contributed by atoms with E-state index in [0.717, 1.165) is 0 Å². The van der Waals surface area contributed by atoms with Crippen molar-refractivity contribution in [2.45, 2.75) is 5.79 Å². The van der Waals surface area contributed by atoms with Crippen molar-refractivity contribution in [2.24, 2.45) is 20.7 Å². The third-order valence-corrected chi connectivity index (χ3v) is 1.11. The molecule has 0 saturated heterocycles. The Labute approximate surface area is 84.7 Å². The van der Waals surface area contributed by atoms with Gasteiger partial charge in [-0.05, 0) is 0 Å². The summed E-state index contributed by atoms with van der Waals surface area (Å²) in [5.74, 6) is -2.22. The lowest BCUT2D eigenvalue weighted by Gasteiger charge is -1.97. The Kier molecular flexibility index (Phi) is 2.95.